The Bertz CT molecular complexity index is 426. The minimum Gasteiger partial charge on any atom is -0.466 e. The Balaban J connectivity index is 3.08. The number of esters is 1. The van der Waals surface area contributed by atoms with Crippen molar-refractivity contribution >= 4 is 21.9 Å². The highest BCUT2D eigenvalue weighted by Gasteiger charge is 2.21. The van der Waals surface area contributed by atoms with Crippen LogP contribution in [-0.4, -0.2) is 17.6 Å². The van der Waals surface area contributed by atoms with E-state index in [1.165, 1.54) is 0 Å². The summed E-state index contributed by atoms with van der Waals surface area (Å²) in [5, 5.41) is 0. The number of rotatable bonds is 4. The highest BCUT2D eigenvalue weighted by atomic mass is 79.9. The van der Waals surface area contributed by atoms with E-state index in [-0.39, 0.29) is 16.8 Å². The van der Waals surface area contributed by atoms with Crippen molar-refractivity contribution in [2.45, 2.75) is 19.8 Å². The van der Waals surface area contributed by atoms with Crippen molar-refractivity contribution in [3.63, 3.8) is 0 Å². The molecule has 0 bridgehead atoms. The van der Waals surface area contributed by atoms with Crippen LogP contribution < -0.4 is 0 Å². The summed E-state index contributed by atoms with van der Waals surface area (Å²) in [5.41, 5.74) is -0.614. The van der Waals surface area contributed by atoms with Crippen LogP contribution in [0.15, 0.2) is 10.7 Å². The molecule has 1 rings (SSSR count). The zero-order valence-corrected chi connectivity index (χ0v) is 10.4. The van der Waals surface area contributed by atoms with Crippen LogP contribution in [0.3, 0.4) is 0 Å². The number of halogens is 4. The molecule has 0 unspecified atom stereocenters. The summed E-state index contributed by atoms with van der Waals surface area (Å²) in [6, 6.07) is 0.809. The van der Waals surface area contributed by atoms with Gasteiger partial charge in [0.25, 0.3) is 6.43 Å². The number of carbonyl (C=O) groups excluding carboxylic acids is 1. The third-order valence-corrected chi connectivity index (χ3v) is 2.53. The maximum Gasteiger partial charge on any atom is 0.310 e. The van der Waals surface area contributed by atoms with Gasteiger partial charge in [-0.15, -0.1) is 0 Å². The minimum absolute atomic E-state index is 0.127. The molecule has 94 valence electrons. The summed E-state index contributed by atoms with van der Waals surface area (Å²) in [6.07, 6.45) is -3.26. The van der Waals surface area contributed by atoms with Gasteiger partial charge in [-0.25, -0.2) is 13.8 Å². The Hall–Kier alpha value is -1.11. The number of ether oxygens (including phenoxy) is 1. The second-order valence-electron chi connectivity index (χ2n) is 3.09. The van der Waals surface area contributed by atoms with Crippen molar-refractivity contribution < 1.29 is 22.7 Å². The maximum atomic E-state index is 13.0. The van der Waals surface area contributed by atoms with Gasteiger partial charge in [-0.2, -0.15) is 4.39 Å². The predicted octanol–water partition coefficient (Wildman–Crippen LogP) is 3.03. The summed E-state index contributed by atoms with van der Waals surface area (Å²) >= 11 is 2.74. The van der Waals surface area contributed by atoms with Crippen molar-refractivity contribution in [3.05, 3.63) is 27.7 Å². The zero-order valence-electron chi connectivity index (χ0n) is 8.84. The predicted molar refractivity (Wildman–Crippen MR) is 57.2 cm³/mol. The Labute approximate surface area is 104 Å². The molecule has 1 heterocycles. The van der Waals surface area contributed by atoms with Crippen LogP contribution in [0.2, 0.25) is 0 Å². The van der Waals surface area contributed by atoms with Gasteiger partial charge in [-0.3, -0.25) is 4.79 Å². The molecule has 1 aromatic rings. The Morgan fingerprint density at radius 1 is 1.59 bits per heavy atom. The Kier molecular flexibility index (Phi) is 4.92. The average molecular weight is 312 g/mol. The lowest BCUT2D eigenvalue weighted by Gasteiger charge is -2.10. The first kappa shape index (κ1) is 14.0. The van der Waals surface area contributed by atoms with E-state index in [1.807, 2.05) is 0 Å². The van der Waals surface area contributed by atoms with Crippen LogP contribution in [0.4, 0.5) is 13.2 Å². The molecule has 0 saturated heterocycles. The molecular formula is C10H9BrF3NO2. The van der Waals surface area contributed by atoms with E-state index in [4.69, 9.17) is 0 Å². The quantitative estimate of drug-likeness (QED) is 0.634. The van der Waals surface area contributed by atoms with Crippen LogP contribution in [0.1, 0.15) is 24.5 Å². The van der Waals surface area contributed by atoms with Crippen molar-refractivity contribution in [1.82, 2.24) is 4.98 Å². The van der Waals surface area contributed by atoms with Crippen LogP contribution in [0.5, 0.6) is 0 Å². The van der Waals surface area contributed by atoms with Gasteiger partial charge >= 0.3 is 5.97 Å². The first-order valence-electron chi connectivity index (χ1n) is 4.74. The third-order valence-electron chi connectivity index (χ3n) is 1.92. The lowest BCUT2D eigenvalue weighted by molar-refractivity contribution is -0.142. The number of pyridine rings is 1. The van der Waals surface area contributed by atoms with Crippen molar-refractivity contribution in [2.75, 3.05) is 6.61 Å². The van der Waals surface area contributed by atoms with Crippen molar-refractivity contribution in [2.24, 2.45) is 0 Å². The average Bonchev–Trinajstić information content (AvgIpc) is 2.15. The number of hydrogen-bond acceptors (Lipinski definition) is 3. The van der Waals surface area contributed by atoms with Crippen molar-refractivity contribution in [1.29, 1.82) is 0 Å². The monoisotopic (exact) mass is 311 g/mol. The van der Waals surface area contributed by atoms with Gasteiger partial charge in [-0.05, 0) is 34.5 Å². The Morgan fingerprint density at radius 3 is 2.76 bits per heavy atom. The molecule has 1 aromatic heterocycles. The van der Waals surface area contributed by atoms with Crippen molar-refractivity contribution in [3.8, 4) is 0 Å². The van der Waals surface area contributed by atoms with Gasteiger partial charge in [0.15, 0.2) is 0 Å². The molecule has 17 heavy (non-hydrogen) atoms. The Morgan fingerprint density at radius 2 is 2.24 bits per heavy atom. The van der Waals surface area contributed by atoms with E-state index in [0.29, 0.717) is 0 Å². The molecule has 7 heteroatoms. The molecule has 0 fully saturated rings. The van der Waals surface area contributed by atoms with E-state index < -0.39 is 30.3 Å². The van der Waals surface area contributed by atoms with Gasteiger partial charge in [0, 0.05) is 0 Å². The summed E-state index contributed by atoms with van der Waals surface area (Å²) in [6.45, 7) is 1.73. The van der Waals surface area contributed by atoms with Gasteiger partial charge < -0.3 is 4.74 Å². The van der Waals surface area contributed by atoms with E-state index in [2.05, 4.69) is 25.7 Å². The second kappa shape index (κ2) is 6.00. The fourth-order valence-electron chi connectivity index (χ4n) is 1.28. The van der Waals surface area contributed by atoms with E-state index >= 15 is 0 Å². The van der Waals surface area contributed by atoms with Crippen LogP contribution in [-0.2, 0) is 16.0 Å². The standard InChI is InChI=1S/C10H9BrF3NO2/c1-2-17-7(16)4-5-3-6(12)15-9(11)8(5)10(13)14/h3,10H,2,4H2,1H3. The smallest absolute Gasteiger partial charge is 0.310 e. The molecule has 0 amide bonds. The summed E-state index contributed by atoms with van der Waals surface area (Å²) in [7, 11) is 0. The molecule has 0 aromatic carbocycles. The number of carbonyl (C=O) groups is 1. The molecule has 0 N–H and O–H groups in total. The number of hydrogen-bond donors (Lipinski definition) is 0. The highest BCUT2D eigenvalue weighted by Crippen LogP contribution is 2.30. The van der Waals surface area contributed by atoms with Crippen LogP contribution in [0.25, 0.3) is 0 Å². The largest absolute Gasteiger partial charge is 0.466 e. The summed E-state index contributed by atoms with van der Waals surface area (Å²) < 4.78 is 42.7. The number of nitrogens with zero attached hydrogens (tertiary/aromatic N) is 1. The molecular weight excluding hydrogens is 303 g/mol. The van der Waals surface area contributed by atoms with Crippen LogP contribution in [0, 0.1) is 5.95 Å². The maximum absolute atomic E-state index is 13.0. The fraction of sp³-hybridized carbons (Fsp3) is 0.400. The molecule has 0 aliphatic heterocycles. The van der Waals surface area contributed by atoms with E-state index in [9.17, 15) is 18.0 Å². The third kappa shape index (κ3) is 3.69. The summed E-state index contributed by atoms with van der Waals surface area (Å²) in [4.78, 5) is 14.4. The fourth-order valence-corrected chi connectivity index (χ4v) is 1.88. The van der Waals surface area contributed by atoms with E-state index in [0.717, 1.165) is 6.07 Å². The normalized spacial score (nSPS) is 10.7. The highest BCUT2D eigenvalue weighted by molar-refractivity contribution is 9.10. The second-order valence-corrected chi connectivity index (χ2v) is 3.84. The lowest BCUT2D eigenvalue weighted by Crippen LogP contribution is -2.11. The SMILES string of the molecule is CCOC(=O)Cc1cc(F)nc(Br)c1C(F)F. The minimum atomic E-state index is -2.85. The van der Waals surface area contributed by atoms with Gasteiger partial charge in [0.2, 0.25) is 5.95 Å². The number of alkyl halides is 2. The first-order valence-corrected chi connectivity index (χ1v) is 5.53. The number of aromatic nitrogens is 1. The molecule has 0 spiro atoms. The molecule has 3 nitrogen and oxygen atoms in total. The lowest BCUT2D eigenvalue weighted by atomic mass is 10.1. The van der Waals surface area contributed by atoms with Gasteiger partial charge in [0.1, 0.15) is 4.60 Å². The van der Waals surface area contributed by atoms with Gasteiger partial charge in [-0.1, -0.05) is 0 Å². The molecule has 0 atom stereocenters. The van der Waals surface area contributed by atoms with Crippen LogP contribution >= 0.6 is 15.9 Å². The van der Waals surface area contributed by atoms with Gasteiger partial charge in [0.05, 0.1) is 18.6 Å². The molecule has 0 aliphatic rings. The zero-order chi connectivity index (χ0) is 13.0. The molecule has 0 saturated carbocycles. The molecule has 0 aliphatic carbocycles. The first-order chi connectivity index (χ1) is 7.95. The topological polar surface area (TPSA) is 39.2 Å². The summed E-state index contributed by atoms with van der Waals surface area (Å²) in [5.74, 6) is -1.62. The molecule has 0 radical (unpaired) electrons. The van der Waals surface area contributed by atoms with E-state index in [1.54, 1.807) is 6.92 Å².